The maximum absolute atomic E-state index is 6.63. The van der Waals surface area contributed by atoms with E-state index < -0.39 is 8.32 Å². The molecule has 1 saturated heterocycles. The third-order valence-electron chi connectivity index (χ3n) is 7.13. The van der Waals surface area contributed by atoms with E-state index in [-0.39, 0.29) is 5.04 Å². The van der Waals surface area contributed by atoms with Crippen molar-refractivity contribution in [2.75, 3.05) is 29.9 Å². The van der Waals surface area contributed by atoms with Crippen LogP contribution in [0.15, 0.2) is 24.3 Å². The largest absolute Gasteiger partial charge is 0.412 e. The summed E-state index contributed by atoms with van der Waals surface area (Å²) in [6, 6.07) is 9.40. The number of rotatable bonds is 6. The Hall–Kier alpha value is -1.04. The van der Waals surface area contributed by atoms with Crippen molar-refractivity contribution in [1.29, 1.82) is 0 Å². The molecule has 2 fully saturated rings. The lowest BCUT2D eigenvalue weighted by molar-refractivity contribution is 0.202. The number of anilines is 2. The SMILES string of the molecule is CC(C)(C)[Si](C)(C)OC1CCN(c2ccc(NC[C@H]3CC[C@H](N)CC3)cc2)C1. The molecule has 0 radical (unpaired) electrons. The quantitative estimate of drug-likeness (QED) is 0.640. The van der Waals surface area contributed by atoms with Crippen molar-refractivity contribution in [2.45, 2.75) is 83.2 Å². The molecule has 1 aromatic rings. The van der Waals surface area contributed by atoms with Crippen LogP contribution in [0.4, 0.5) is 11.4 Å². The molecule has 1 heterocycles. The van der Waals surface area contributed by atoms with Crippen LogP contribution in [-0.4, -0.2) is 40.1 Å². The summed E-state index contributed by atoms with van der Waals surface area (Å²) in [6.07, 6.45) is 6.38. The molecule has 3 N–H and O–H groups in total. The topological polar surface area (TPSA) is 50.5 Å². The van der Waals surface area contributed by atoms with E-state index in [0.29, 0.717) is 12.1 Å². The van der Waals surface area contributed by atoms with Crippen LogP contribution in [0.2, 0.25) is 18.1 Å². The predicted octanol–water partition coefficient (Wildman–Crippen LogP) is 5.22. The zero-order valence-corrected chi connectivity index (χ0v) is 19.6. The molecular formula is C23H41N3OSi. The Kier molecular flexibility index (Phi) is 6.78. The molecule has 1 aliphatic heterocycles. The van der Waals surface area contributed by atoms with Crippen LogP contribution in [-0.2, 0) is 4.43 Å². The number of nitrogens with zero attached hydrogens (tertiary/aromatic N) is 1. The van der Waals surface area contributed by atoms with E-state index in [1.807, 2.05) is 0 Å². The zero-order valence-electron chi connectivity index (χ0n) is 18.6. The molecule has 5 heteroatoms. The average molecular weight is 404 g/mol. The molecule has 1 atom stereocenters. The highest BCUT2D eigenvalue weighted by molar-refractivity contribution is 6.74. The van der Waals surface area contributed by atoms with Crippen LogP contribution in [0, 0.1) is 5.92 Å². The van der Waals surface area contributed by atoms with Crippen LogP contribution >= 0.6 is 0 Å². The number of hydrogen-bond donors (Lipinski definition) is 2. The van der Waals surface area contributed by atoms with Gasteiger partial charge in [0.15, 0.2) is 8.32 Å². The molecule has 1 unspecified atom stereocenters. The molecular weight excluding hydrogens is 362 g/mol. The highest BCUT2D eigenvalue weighted by Crippen LogP contribution is 2.38. The van der Waals surface area contributed by atoms with Gasteiger partial charge < -0.3 is 20.4 Å². The minimum absolute atomic E-state index is 0.275. The number of nitrogens with two attached hydrogens (primary N) is 1. The van der Waals surface area contributed by atoms with Crippen LogP contribution in [0.25, 0.3) is 0 Å². The van der Waals surface area contributed by atoms with Gasteiger partial charge in [-0.3, -0.25) is 0 Å². The molecule has 0 bridgehead atoms. The Morgan fingerprint density at radius 2 is 1.71 bits per heavy atom. The smallest absolute Gasteiger partial charge is 0.192 e. The molecule has 1 aromatic carbocycles. The van der Waals surface area contributed by atoms with Gasteiger partial charge in [-0.15, -0.1) is 0 Å². The summed E-state index contributed by atoms with van der Waals surface area (Å²) in [5.41, 5.74) is 8.56. The van der Waals surface area contributed by atoms with Gasteiger partial charge in [0.25, 0.3) is 0 Å². The van der Waals surface area contributed by atoms with E-state index in [0.717, 1.165) is 32.0 Å². The second-order valence-electron chi connectivity index (χ2n) is 10.4. The van der Waals surface area contributed by atoms with E-state index in [2.05, 4.69) is 68.3 Å². The molecule has 0 spiro atoms. The maximum Gasteiger partial charge on any atom is 0.192 e. The number of hydrogen-bond acceptors (Lipinski definition) is 4. The van der Waals surface area contributed by atoms with Crippen LogP contribution in [0.1, 0.15) is 52.9 Å². The number of nitrogens with one attached hydrogen (secondary N) is 1. The van der Waals surface area contributed by atoms with Crippen molar-refractivity contribution >= 4 is 19.7 Å². The second-order valence-corrected chi connectivity index (χ2v) is 15.2. The van der Waals surface area contributed by atoms with Crippen molar-refractivity contribution in [1.82, 2.24) is 0 Å². The van der Waals surface area contributed by atoms with Crippen molar-refractivity contribution in [3.63, 3.8) is 0 Å². The highest BCUT2D eigenvalue weighted by Gasteiger charge is 2.40. The molecule has 28 heavy (non-hydrogen) atoms. The molecule has 1 aliphatic carbocycles. The molecule has 4 nitrogen and oxygen atoms in total. The van der Waals surface area contributed by atoms with E-state index in [4.69, 9.17) is 10.2 Å². The lowest BCUT2D eigenvalue weighted by atomic mass is 9.86. The standard InChI is InChI=1S/C23H41N3OSi/c1-23(2,3)28(4,5)27-22-14-15-26(17-22)21-12-10-20(11-13-21)25-16-18-6-8-19(24)9-7-18/h10-13,18-19,22,25H,6-9,14-17,24H2,1-5H3/t18-,19-,22?. The van der Waals surface area contributed by atoms with Gasteiger partial charge >= 0.3 is 0 Å². The van der Waals surface area contributed by atoms with Crippen LogP contribution in [0.3, 0.4) is 0 Å². The minimum atomic E-state index is -1.69. The lowest BCUT2D eigenvalue weighted by Crippen LogP contribution is -2.44. The van der Waals surface area contributed by atoms with E-state index in [1.54, 1.807) is 0 Å². The average Bonchev–Trinajstić information content (AvgIpc) is 3.08. The van der Waals surface area contributed by atoms with Gasteiger partial charge in [0.2, 0.25) is 0 Å². The Bertz CT molecular complexity index is 618. The summed E-state index contributed by atoms with van der Waals surface area (Å²) in [4.78, 5) is 2.48. The first-order chi connectivity index (χ1) is 13.1. The summed E-state index contributed by atoms with van der Waals surface area (Å²) < 4.78 is 6.63. The van der Waals surface area contributed by atoms with Crippen molar-refractivity contribution in [3.8, 4) is 0 Å². The maximum atomic E-state index is 6.63. The van der Waals surface area contributed by atoms with E-state index >= 15 is 0 Å². The molecule has 0 amide bonds. The normalized spacial score (nSPS) is 26.5. The minimum Gasteiger partial charge on any atom is -0.412 e. The Labute approximate surface area is 173 Å². The van der Waals surface area contributed by atoms with E-state index in [1.165, 1.54) is 37.1 Å². The van der Waals surface area contributed by atoms with Crippen LogP contribution in [0.5, 0.6) is 0 Å². The summed E-state index contributed by atoms with van der Waals surface area (Å²) in [5, 5.41) is 3.90. The van der Waals surface area contributed by atoms with Gasteiger partial charge in [0.1, 0.15) is 0 Å². The fraction of sp³-hybridized carbons (Fsp3) is 0.739. The first kappa shape index (κ1) is 21.7. The van der Waals surface area contributed by atoms with Crippen LogP contribution < -0.4 is 16.0 Å². The monoisotopic (exact) mass is 403 g/mol. The summed E-state index contributed by atoms with van der Waals surface area (Å²) in [7, 11) is -1.69. The lowest BCUT2D eigenvalue weighted by Gasteiger charge is -2.38. The predicted molar refractivity (Wildman–Crippen MR) is 124 cm³/mol. The Morgan fingerprint density at radius 1 is 1.07 bits per heavy atom. The summed E-state index contributed by atoms with van der Waals surface area (Å²) in [5.74, 6) is 0.770. The number of benzene rings is 1. The molecule has 158 valence electrons. The fourth-order valence-electron chi connectivity index (χ4n) is 4.10. The van der Waals surface area contributed by atoms with E-state index in [9.17, 15) is 0 Å². The van der Waals surface area contributed by atoms with Crippen molar-refractivity contribution in [2.24, 2.45) is 11.7 Å². The van der Waals surface area contributed by atoms with Gasteiger partial charge in [-0.05, 0) is 80.4 Å². The summed E-state index contributed by atoms with van der Waals surface area (Å²) in [6.45, 7) is 14.8. The van der Waals surface area contributed by atoms with Gasteiger partial charge in [0, 0.05) is 37.1 Å². The molecule has 2 aliphatic rings. The van der Waals surface area contributed by atoms with Gasteiger partial charge in [-0.2, -0.15) is 0 Å². The first-order valence-electron chi connectivity index (χ1n) is 11.2. The Balaban J connectivity index is 1.48. The molecule has 1 saturated carbocycles. The van der Waals surface area contributed by atoms with Gasteiger partial charge in [-0.25, -0.2) is 0 Å². The third-order valence-corrected chi connectivity index (χ3v) is 11.7. The third kappa shape index (κ3) is 5.52. The fourth-order valence-corrected chi connectivity index (χ4v) is 5.48. The molecule has 3 rings (SSSR count). The van der Waals surface area contributed by atoms with Crippen molar-refractivity contribution < 1.29 is 4.43 Å². The zero-order chi connectivity index (χ0) is 20.4. The highest BCUT2D eigenvalue weighted by atomic mass is 28.4. The van der Waals surface area contributed by atoms with Gasteiger partial charge in [0.05, 0.1) is 6.10 Å². The van der Waals surface area contributed by atoms with Gasteiger partial charge in [-0.1, -0.05) is 20.8 Å². The van der Waals surface area contributed by atoms with Crippen molar-refractivity contribution in [3.05, 3.63) is 24.3 Å². The second kappa shape index (κ2) is 8.76. The molecule has 0 aromatic heterocycles. The summed E-state index contributed by atoms with van der Waals surface area (Å²) >= 11 is 0. The Morgan fingerprint density at radius 3 is 2.32 bits per heavy atom. The first-order valence-corrected chi connectivity index (χ1v) is 14.1.